The molecule has 0 fully saturated rings. The number of Topliss-reactive ketones (excluding diaryl/α,β-unsaturated/α-hetero) is 1. The molecule has 27 heavy (non-hydrogen) atoms. The molecule has 0 saturated carbocycles. The van der Waals surface area contributed by atoms with Crippen LogP contribution in [0.2, 0.25) is 10.0 Å². The summed E-state index contributed by atoms with van der Waals surface area (Å²) in [6.45, 7) is 0. The Morgan fingerprint density at radius 1 is 0.852 bits per heavy atom. The van der Waals surface area contributed by atoms with Gasteiger partial charge in [-0.15, -0.1) is 11.8 Å². The van der Waals surface area contributed by atoms with Gasteiger partial charge in [-0.05, 0) is 65.7 Å². The molecule has 0 radical (unpaired) electrons. The molecule has 3 aromatic rings. The Kier molecular flexibility index (Phi) is 7.20. The van der Waals surface area contributed by atoms with E-state index in [4.69, 9.17) is 23.2 Å². The summed E-state index contributed by atoms with van der Waals surface area (Å²) in [6.07, 6.45) is 1.92. The molecule has 0 unspecified atom stereocenters. The molecule has 1 nitrogen and oxygen atoms in total. The predicted molar refractivity (Wildman–Crippen MR) is 121 cm³/mol. The van der Waals surface area contributed by atoms with Crippen molar-refractivity contribution in [2.45, 2.75) is 5.75 Å². The smallest absolute Gasteiger partial charge is 0.199 e. The third kappa shape index (κ3) is 5.98. The van der Waals surface area contributed by atoms with Crippen molar-refractivity contribution < 1.29 is 4.79 Å². The largest absolute Gasteiger partial charge is 0.288 e. The van der Waals surface area contributed by atoms with E-state index in [1.165, 1.54) is 11.8 Å². The van der Waals surface area contributed by atoms with E-state index in [9.17, 15) is 4.79 Å². The lowest BCUT2D eigenvalue weighted by Crippen LogP contribution is -2.01. The van der Waals surface area contributed by atoms with Crippen molar-refractivity contribution in [2.75, 3.05) is 0 Å². The van der Waals surface area contributed by atoms with Gasteiger partial charge in [-0.25, -0.2) is 0 Å². The summed E-state index contributed by atoms with van der Waals surface area (Å²) in [7, 11) is 0. The van der Waals surface area contributed by atoms with Crippen LogP contribution < -0.4 is 0 Å². The Bertz CT molecular complexity index is 949. The van der Waals surface area contributed by atoms with Gasteiger partial charge in [0.1, 0.15) is 0 Å². The average molecular weight is 478 g/mol. The number of carbonyl (C=O) groups is 1. The minimum Gasteiger partial charge on any atom is -0.288 e. The molecule has 0 N–H and O–H groups in total. The van der Waals surface area contributed by atoms with Gasteiger partial charge >= 0.3 is 0 Å². The molecule has 0 heterocycles. The SMILES string of the molecule is O=C(C(=Cc1ccc(Br)cc1)SCc1ccc(Cl)cc1)c1ccc(Cl)cc1. The zero-order valence-electron chi connectivity index (χ0n) is 14.2. The Labute approximate surface area is 181 Å². The van der Waals surface area contributed by atoms with Crippen LogP contribution in [0.1, 0.15) is 21.5 Å². The first-order chi connectivity index (χ1) is 13.0. The fourth-order valence-corrected chi connectivity index (χ4v) is 3.87. The second kappa shape index (κ2) is 9.61. The molecular formula is C22H15BrCl2OS. The van der Waals surface area contributed by atoms with Crippen LogP contribution in [-0.4, -0.2) is 5.78 Å². The highest BCUT2D eigenvalue weighted by Crippen LogP contribution is 2.28. The zero-order valence-corrected chi connectivity index (χ0v) is 18.1. The first-order valence-electron chi connectivity index (χ1n) is 8.16. The van der Waals surface area contributed by atoms with Crippen LogP contribution >= 0.6 is 50.9 Å². The van der Waals surface area contributed by atoms with E-state index in [1.54, 1.807) is 24.3 Å². The lowest BCUT2D eigenvalue weighted by Gasteiger charge is -2.08. The van der Waals surface area contributed by atoms with Gasteiger partial charge in [-0.2, -0.15) is 0 Å². The highest BCUT2D eigenvalue weighted by atomic mass is 79.9. The van der Waals surface area contributed by atoms with Crippen LogP contribution in [0, 0.1) is 0 Å². The monoisotopic (exact) mass is 476 g/mol. The first-order valence-corrected chi connectivity index (χ1v) is 10.7. The van der Waals surface area contributed by atoms with Gasteiger partial charge in [0.15, 0.2) is 5.78 Å². The van der Waals surface area contributed by atoms with Crippen molar-refractivity contribution >= 4 is 62.8 Å². The second-order valence-corrected chi connectivity index (χ2v) is 8.62. The number of benzene rings is 3. The minimum absolute atomic E-state index is 0.0199. The Morgan fingerprint density at radius 3 is 2.00 bits per heavy atom. The molecule has 0 aliphatic carbocycles. The van der Waals surface area contributed by atoms with Crippen LogP contribution in [0.4, 0.5) is 0 Å². The number of rotatable bonds is 6. The van der Waals surface area contributed by atoms with Gasteiger partial charge in [0, 0.05) is 25.8 Å². The molecule has 0 spiro atoms. The molecule has 0 aliphatic heterocycles. The highest BCUT2D eigenvalue weighted by molar-refractivity contribution is 9.10. The van der Waals surface area contributed by atoms with E-state index in [0.29, 0.717) is 26.3 Å². The quantitative estimate of drug-likeness (QED) is 0.265. The van der Waals surface area contributed by atoms with Crippen LogP contribution in [-0.2, 0) is 5.75 Å². The summed E-state index contributed by atoms with van der Waals surface area (Å²) in [5, 5.41) is 1.31. The van der Waals surface area contributed by atoms with Crippen LogP contribution in [0.3, 0.4) is 0 Å². The molecule has 0 aliphatic rings. The summed E-state index contributed by atoms with van der Waals surface area (Å²) < 4.78 is 0.999. The van der Waals surface area contributed by atoms with Crippen molar-refractivity contribution in [2.24, 2.45) is 0 Å². The molecule has 3 aromatic carbocycles. The maximum Gasteiger partial charge on any atom is 0.199 e. The van der Waals surface area contributed by atoms with Crippen LogP contribution in [0.25, 0.3) is 6.08 Å². The fourth-order valence-electron chi connectivity index (χ4n) is 2.37. The van der Waals surface area contributed by atoms with E-state index >= 15 is 0 Å². The van der Waals surface area contributed by atoms with Crippen LogP contribution in [0.5, 0.6) is 0 Å². The van der Waals surface area contributed by atoms with E-state index in [0.717, 1.165) is 15.6 Å². The summed E-state index contributed by atoms with van der Waals surface area (Å²) >= 11 is 16.8. The summed E-state index contributed by atoms with van der Waals surface area (Å²) in [6, 6.07) is 22.5. The summed E-state index contributed by atoms with van der Waals surface area (Å²) in [5.74, 6) is 0.660. The Balaban J connectivity index is 1.87. The Hall–Kier alpha value is -1.52. The maximum absolute atomic E-state index is 13.0. The third-order valence-electron chi connectivity index (χ3n) is 3.81. The molecule has 3 rings (SSSR count). The van der Waals surface area contributed by atoms with Crippen molar-refractivity contribution in [1.29, 1.82) is 0 Å². The number of halogens is 3. The molecule has 0 bridgehead atoms. The molecule has 0 amide bonds. The van der Waals surface area contributed by atoms with Crippen molar-refractivity contribution in [1.82, 2.24) is 0 Å². The predicted octanol–water partition coefficient (Wildman–Crippen LogP) is 7.91. The second-order valence-electron chi connectivity index (χ2n) is 5.81. The number of hydrogen-bond acceptors (Lipinski definition) is 2. The van der Waals surface area contributed by atoms with E-state index in [-0.39, 0.29) is 5.78 Å². The number of carbonyl (C=O) groups excluding carboxylic acids is 1. The molecular weight excluding hydrogens is 463 g/mol. The summed E-state index contributed by atoms with van der Waals surface area (Å²) in [5.41, 5.74) is 2.69. The molecule has 0 saturated heterocycles. The Morgan fingerprint density at radius 2 is 1.41 bits per heavy atom. The van der Waals surface area contributed by atoms with E-state index in [1.807, 2.05) is 54.6 Å². The minimum atomic E-state index is -0.0199. The van der Waals surface area contributed by atoms with Crippen molar-refractivity contribution in [3.05, 3.63) is 109 Å². The molecule has 0 atom stereocenters. The number of thioether (sulfide) groups is 1. The van der Waals surface area contributed by atoms with E-state index in [2.05, 4.69) is 15.9 Å². The van der Waals surface area contributed by atoms with Gasteiger partial charge in [0.25, 0.3) is 0 Å². The normalized spacial score (nSPS) is 11.4. The van der Waals surface area contributed by atoms with Gasteiger partial charge in [0.2, 0.25) is 0 Å². The average Bonchev–Trinajstić information content (AvgIpc) is 2.68. The van der Waals surface area contributed by atoms with Crippen molar-refractivity contribution in [3.63, 3.8) is 0 Å². The number of allylic oxidation sites excluding steroid dienone is 1. The number of hydrogen-bond donors (Lipinski definition) is 0. The third-order valence-corrected chi connectivity index (χ3v) is 5.93. The maximum atomic E-state index is 13.0. The number of ketones is 1. The molecule has 5 heteroatoms. The highest BCUT2D eigenvalue weighted by Gasteiger charge is 2.14. The fraction of sp³-hybridized carbons (Fsp3) is 0.0455. The van der Waals surface area contributed by atoms with Gasteiger partial charge in [0.05, 0.1) is 4.91 Å². The topological polar surface area (TPSA) is 17.1 Å². The van der Waals surface area contributed by atoms with E-state index < -0.39 is 0 Å². The first kappa shape index (κ1) is 20.2. The van der Waals surface area contributed by atoms with Crippen LogP contribution in [0.15, 0.2) is 82.2 Å². The zero-order chi connectivity index (χ0) is 19.2. The lowest BCUT2D eigenvalue weighted by molar-refractivity contribution is 0.104. The standard InChI is InChI=1S/C22H15BrCl2OS/c23-18-7-1-15(2-8-18)13-21(22(26)17-5-11-20(25)12-6-17)27-14-16-3-9-19(24)10-4-16/h1-13H,14H2. The van der Waals surface area contributed by atoms with Gasteiger partial charge in [-0.3, -0.25) is 4.79 Å². The molecule has 136 valence electrons. The van der Waals surface area contributed by atoms with Crippen molar-refractivity contribution in [3.8, 4) is 0 Å². The van der Waals surface area contributed by atoms with Gasteiger partial charge < -0.3 is 0 Å². The summed E-state index contributed by atoms with van der Waals surface area (Å²) in [4.78, 5) is 13.7. The molecule has 0 aromatic heterocycles. The lowest BCUT2D eigenvalue weighted by atomic mass is 10.1. The van der Waals surface area contributed by atoms with Gasteiger partial charge in [-0.1, -0.05) is 63.4 Å².